The van der Waals surface area contributed by atoms with E-state index < -0.39 is 0 Å². The van der Waals surface area contributed by atoms with Gasteiger partial charge in [-0.25, -0.2) is 9.97 Å². The van der Waals surface area contributed by atoms with E-state index >= 15 is 0 Å². The summed E-state index contributed by atoms with van der Waals surface area (Å²) in [5.41, 5.74) is 4.79. The van der Waals surface area contributed by atoms with Crippen LogP contribution in [0.25, 0.3) is 11.4 Å². The molecule has 2 aliphatic rings. The quantitative estimate of drug-likeness (QED) is 0.698. The summed E-state index contributed by atoms with van der Waals surface area (Å²) in [5.74, 6) is 4.09. The van der Waals surface area contributed by atoms with E-state index in [0.29, 0.717) is 6.04 Å². The number of aromatic nitrogens is 5. The van der Waals surface area contributed by atoms with Crippen molar-refractivity contribution >= 4 is 17.6 Å². The van der Waals surface area contributed by atoms with Crippen molar-refractivity contribution in [2.45, 2.75) is 25.3 Å². The number of nitrogens with zero attached hydrogens (tertiary/aromatic N) is 6. The standard InChI is InChI=1S/C20H22N6S/c1-25-12-15(11-22-25)18-13-27-9-8-26(18)20-16-5-2-6-17(16)23-19(24-20)14-4-3-7-21-10-14/h3-4,7,10-12,18H,2,5-6,8-9,13H2,1H3. The van der Waals surface area contributed by atoms with Gasteiger partial charge in [-0.3, -0.25) is 9.67 Å². The van der Waals surface area contributed by atoms with Crippen molar-refractivity contribution in [2.24, 2.45) is 7.05 Å². The summed E-state index contributed by atoms with van der Waals surface area (Å²) in [6, 6.07) is 4.29. The van der Waals surface area contributed by atoms with Crippen molar-refractivity contribution in [1.82, 2.24) is 24.7 Å². The predicted molar refractivity (Wildman–Crippen MR) is 108 cm³/mol. The molecule has 1 saturated heterocycles. The highest BCUT2D eigenvalue weighted by Crippen LogP contribution is 2.38. The van der Waals surface area contributed by atoms with Crippen molar-refractivity contribution in [1.29, 1.82) is 0 Å². The Labute approximate surface area is 163 Å². The maximum absolute atomic E-state index is 5.06. The second-order valence-corrected chi connectivity index (χ2v) is 8.27. The summed E-state index contributed by atoms with van der Waals surface area (Å²) in [7, 11) is 1.98. The summed E-state index contributed by atoms with van der Waals surface area (Å²) in [6.45, 7) is 1.00. The molecule has 3 aromatic rings. The Morgan fingerprint density at radius 2 is 2.15 bits per heavy atom. The lowest BCUT2D eigenvalue weighted by Gasteiger charge is -2.37. The van der Waals surface area contributed by atoms with Gasteiger partial charge in [0, 0.05) is 66.1 Å². The molecule has 138 valence electrons. The highest BCUT2D eigenvalue weighted by Gasteiger charge is 2.31. The van der Waals surface area contributed by atoms with Crippen LogP contribution in [0.4, 0.5) is 5.82 Å². The molecule has 0 saturated carbocycles. The van der Waals surface area contributed by atoms with Crippen LogP contribution in [0.5, 0.6) is 0 Å². The minimum absolute atomic E-state index is 0.304. The van der Waals surface area contributed by atoms with E-state index in [9.17, 15) is 0 Å². The molecule has 27 heavy (non-hydrogen) atoms. The first-order valence-electron chi connectivity index (χ1n) is 9.43. The zero-order chi connectivity index (χ0) is 18.2. The van der Waals surface area contributed by atoms with Gasteiger partial charge in [-0.1, -0.05) is 0 Å². The van der Waals surface area contributed by atoms with E-state index in [-0.39, 0.29) is 0 Å². The van der Waals surface area contributed by atoms with E-state index in [1.54, 1.807) is 6.20 Å². The van der Waals surface area contributed by atoms with Crippen LogP contribution in [-0.4, -0.2) is 42.8 Å². The molecule has 0 aromatic carbocycles. The van der Waals surface area contributed by atoms with Crippen LogP contribution in [0, 0.1) is 0 Å². The van der Waals surface area contributed by atoms with E-state index in [4.69, 9.17) is 9.97 Å². The van der Waals surface area contributed by atoms with Gasteiger partial charge in [0.2, 0.25) is 0 Å². The van der Waals surface area contributed by atoms with Gasteiger partial charge >= 0.3 is 0 Å². The number of aryl methyl sites for hydroxylation is 2. The summed E-state index contributed by atoms with van der Waals surface area (Å²) >= 11 is 2.01. The normalized spacial score (nSPS) is 19.3. The minimum Gasteiger partial charge on any atom is -0.347 e. The van der Waals surface area contributed by atoms with Crippen molar-refractivity contribution in [2.75, 3.05) is 23.0 Å². The lowest BCUT2D eigenvalue weighted by molar-refractivity contribution is 0.670. The molecular weight excluding hydrogens is 356 g/mol. The lowest BCUT2D eigenvalue weighted by atomic mass is 10.1. The molecule has 1 atom stereocenters. The summed E-state index contributed by atoms with van der Waals surface area (Å²) in [6.07, 6.45) is 11.0. The second-order valence-electron chi connectivity index (χ2n) is 7.12. The first kappa shape index (κ1) is 16.7. The van der Waals surface area contributed by atoms with Crippen LogP contribution in [0.15, 0.2) is 36.9 Å². The van der Waals surface area contributed by atoms with Crippen molar-refractivity contribution in [3.05, 3.63) is 53.7 Å². The molecule has 7 heteroatoms. The summed E-state index contributed by atoms with van der Waals surface area (Å²) < 4.78 is 1.89. The van der Waals surface area contributed by atoms with Gasteiger partial charge in [-0.15, -0.1) is 0 Å². The molecule has 4 heterocycles. The lowest BCUT2D eigenvalue weighted by Crippen LogP contribution is -2.37. The average molecular weight is 379 g/mol. The van der Waals surface area contributed by atoms with Gasteiger partial charge in [-0.2, -0.15) is 16.9 Å². The topological polar surface area (TPSA) is 59.7 Å². The number of pyridine rings is 1. The van der Waals surface area contributed by atoms with Gasteiger partial charge in [0.1, 0.15) is 5.82 Å². The average Bonchev–Trinajstić information content (AvgIpc) is 3.37. The van der Waals surface area contributed by atoms with Crippen LogP contribution in [0.3, 0.4) is 0 Å². The van der Waals surface area contributed by atoms with Gasteiger partial charge < -0.3 is 4.90 Å². The molecule has 0 bridgehead atoms. The maximum atomic E-state index is 5.06. The Kier molecular flexibility index (Phi) is 4.32. The van der Waals surface area contributed by atoms with Crippen molar-refractivity contribution in [3.8, 4) is 11.4 Å². The number of fused-ring (bicyclic) bond motifs is 1. The molecule has 3 aromatic heterocycles. The van der Waals surface area contributed by atoms with Gasteiger partial charge in [-0.05, 0) is 31.4 Å². The Balaban J connectivity index is 1.61. The van der Waals surface area contributed by atoms with Crippen molar-refractivity contribution < 1.29 is 0 Å². The monoisotopic (exact) mass is 378 g/mol. The second kappa shape index (κ2) is 6.96. The predicted octanol–water partition coefficient (Wildman–Crippen LogP) is 3.06. The van der Waals surface area contributed by atoms with Crippen molar-refractivity contribution in [3.63, 3.8) is 0 Å². The Morgan fingerprint density at radius 1 is 1.19 bits per heavy atom. The molecule has 5 rings (SSSR count). The fourth-order valence-corrected chi connectivity index (χ4v) is 5.11. The zero-order valence-corrected chi connectivity index (χ0v) is 16.2. The third-order valence-corrected chi connectivity index (χ3v) is 6.36. The van der Waals surface area contributed by atoms with E-state index in [1.807, 2.05) is 48.0 Å². The van der Waals surface area contributed by atoms with E-state index in [0.717, 1.165) is 54.5 Å². The molecule has 6 nitrogen and oxygen atoms in total. The van der Waals surface area contributed by atoms with Crippen LogP contribution in [0.1, 0.15) is 29.3 Å². The third kappa shape index (κ3) is 3.10. The molecule has 0 spiro atoms. The SMILES string of the molecule is Cn1cc(C2CSCCN2c2nc(-c3cccnc3)nc3c2CCC3)cn1. The van der Waals surface area contributed by atoms with Crippen LogP contribution in [0.2, 0.25) is 0 Å². The van der Waals surface area contributed by atoms with E-state index in [2.05, 4.69) is 21.2 Å². The summed E-state index contributed by atoms with van der Waals surface area (Å²) in [5, 5.41) is 4.40. The molecule has 0 amide bonds. The largest absolute Gasteiger partial charge is 0.347 e. The first-order valence-corrected chi connectivity index (χ1v) is 10.6. The minimum atomic E-state index is 0.304. The van der Waals surface area contributed by atoms with Crippen LogP contribution < -0.4 is 4.90 Å². The molecule has 1 aliphatic carbocycles. The first-order chi connectivity index (χ1) is 13.3. The Hall–Kier alpha value is -2.41. The number of anilines is 1. The molecular formula is C20H22N6S. The summed E-state index contributed by atoms with van der Waals surface area (Å²) in [4.78, 5) is 16.7. The maximum Gasteiger partial charge on any atom is 0.163 e. The highest BCUT2D eigenvalue weighted by atomic mass is 32.2. The molecule has 1 unspecified atom stereocenters. The van der Waals surface area contributed by atoms with E-state index in [1.165, 1.54) is 16.8 Å². The van der Waals surface area contributed by atoms with Crippen LogP contribution in [-0.2, 0) is 19.9 Å². The molecule has 0 radical (unpaired) electrons. The number of hydrogen-bond acceptors (Lipinski definition) is 6. The third-order valence-electron chi connectivity index (χ3n) is 5.34. The highest BCUT2D eigenvalue weighted by molar-refractivity contribution is 7.99. The van der Waals surface area contributed by atoms with Gasteiger partial charge in [0.05, 0.1) is 12.2 Å². The Morgan fingerprint density at radius 3 is 2.96 bits per heavy atom. The zero-order valence-electron chi connectivity index (χ0n) is 15.4. The fraction of sp³-hybridized carbons (Fsp3) is 0.400. The smallest absolute Gasteiger partial charge is 0.163 e. The molecule has 1 aliphatic heterocycles. The molecule has 0 N–H and O–H groups in total. The van der Waals surface area contributed by atoms with Gasteiger partial charge in [0.15, 0.2) is 5.82 Å². The number of rotatable bonds is 3. The number of hydrogen-bond donors (Lipinski definition) is 0. The van der Waals surface area contributed by atoms with Crippen LogP contribution >= 0.6 is 11.8 Å². The molecule has 1 fully saturated rings. The van der Waals surface area contributed by atoms with Gasteiger partial charge in [0.25, 0.3) is 0 Å². The fourth-order valence-electron chi connectivity index (χ4n) is 4.02. The Bertz CT molecular complexity index is 954. The number of thioether (sulfide) groups is 1.